The van der Waals surface area contributed by atoms with Gasteiger partial charge in [-0.1, -0.05) is 19.9 Å². The molecule has 6 rings (SSSR count). The Morgan fingerprint density at radius 2 is 1.71 bits per heavy atom. The summed E-state index contributed by atoms with van der Waals surface area (Å²) in [6.07, 6.45) is 14.6. The third-order valence-corrected chi connectivity index (χ3v) is 11.2. The smallest absolute Gasteiger partial charge is 0.220 e. The fourth-order valence-electron chi connectivity index (χ4n) is 9.66. The standard InChI is InChI=1S/C31H45N3O/c1-29(2,3)35-22-12-14-30(4)21(17-22)7-8-23-25-10-9-24(31(25,5)15-13-26(23)30)19-6-11-27-20(16-19)18-33-28(32)34-27/h6,11,16,18,21-26H,7-10,12-15,17H2,1-5H3,(H2,32,33,34)/t21-,22-,23-,24+,25-,26-,30-,31+/m0/s1. The highest BCUT2D eigenvalue weighted by Gasteiger charge is 2.60. The molecule has 1 aromatic heterocycles. The number of hydrogen-bond donors (Lipinski definition) is 1. The Kier molecular flexibility index (Phi) is 5.53. The first kappa shape index (κ1) is 23.7. The zero-order valence-corrected chi connectivity index (χ0v) is 22.5. The van der Waals surface area contributed by atoms with Gasteiger partial charge in [-0.3, -0.25) is 0 Å². The SMILES string of the molecule is CC(C)(C)O[C@H]1CC[C@@]2(C)[C@@H](CC[C@@H]3[C@@H]2CC[C@]2(C)[C@@H](c4ccc5nc(N)ncc5c4)CC[C@@H]32)C1. The third kappa shape index (κ3) is 3.90. The Hall–Kier alpha value is -1.68. The van der Waals surface area contributed by atoms with E-state index in [4.69, 9.17) is 10.5 Å². The van der Waals surface area contributed by atoms with Crippen LogP contribution in [0.5, 0.6) is 0 Å². The van der Waals surface area contributed by atoms with Crippen LogP contribution >= 0.6 is 0 Å². The third-order valence-electron chi connectivity index (χ3n) is 11.2. The lowest BCUT2D eigenvalue weighted by atomic mass is 9.44. The Labute approximate surface area is 211 Å². The number of nitrogens with two attached hydrogens (primary N) is 1. The molecule has 0 aliphatic heterocycles. The second-order valence-corrected chi connectivity index (χ2v) is 14.0. The van der Waals surface area contributed by atoms with Gasteiger partial charge in [-0.15, -0.1) is 0 Å². The molecule has 4 saturated carbocycles. The molecule has 0 spiro atoms. The van der Waals surface area contributed by atoms with E-state index in [1.54, 1.807) is 0 Å². The lowest BCUT2D eigenvalue weighted by Gasteiger charge is -2.61. The minimum Gasteiger partial charge on any atom is -0.373 e. The van der Waals surface area contributed by atoms with Crippen molar-refractivity contribution < 1.29 is 4.74 Å². The fraction of sp³-hybridized carbons (Fsp3) is 0.742. The van der Waals surface area contributed by atoms with Crippen molar-refractivity contribution in [3.8, 4) is 0 Å². The summed E-state index contributed by atoms with van der Waals surface area (Å²) in [5.41, 5.74) is 9.18. The van der Waals surface area contributed by atoms with Crippen LogP contribution in [0.1, 0.15) is 104 Å². The van der Waals surface area contributed by atoms with E-state index in [2.05, 4.69) is 62.8 Å². The molecule has 4 aliphatic rings. The molecule has 35 heavy (non-hydrogen) atoms. The molecule has 190 valence electrons. The molecule has 0 radical (unpaired) electrons. The predicted molar refractivity (Wildman–Crippen MR) is 143 cm³/mol. The van der Waals surface area contributed by atoms with E-state index in [9.17, 15) is 0 Å². The number of anilines is 1. The van der Waals surface area contributed by atoms with Gasteiger partial charge in [0, 0.05) is 11.6 Å². The van der Waals surface area contributed by atoms with Gasteiger partial charge in [-0.2, -0.15) is 0 Å². The van der Waals surface area contributed by atoms with Crippen molar-refractivity contribution in [1.29, 1.82) is 0 Å². The van der Waals surface area contributed by atoms with Crippen LogP contribution in [-0.4, -0.2) is 21.7 Å². The highest BCUT2D eigenvalue weighted by molar-refractivity contribution is 5.79. The van der Waals surface area contributed by atoms with E-state index < -0.39 is 0 Å². The van der Waals surface area contributed by atoms with Crippen molar-refractivity contribution in [1.82, 2.24) is 9.97 Å². The van der Waals surface area contributed by atoms with Crippen LogP contribution in [0.4, 0.5) is 5.95 Å². The van der Waals surface area contributed by atoms with Crippen molar-refractivity contribution in [2.24, 2.45) is 34.5 Å². The molecule has 0 saturated heterocycles. The molecule has 4 aliphatic carbocycles. The molecule has 1 heterocycles. The first-order valence-electron chi connectivity index (χ1n) is 14.3. The quantitative estimate of drug-likeness (QED) is 0.488. The second kappa shape index (κ2) is 8.16. The van der Waals surface area contributed by atoms with Gasteiger partial charge in [0.1, 0.15) is 0 Å². The molecular weight excluding hydrogens is 430 g/mol. The van der Waals surface area contributed by atoms with Crippen LogP contribution in [0.3, 0.4) is 0 Å². The van der Waals surface area contributed by atoms with Crippen molar-refractivity contribution in [3.63, 3.8) is 0 Å². The maximum atomic E-state index is 6.48. The van der Waals surface area contributed by atoms with Gasteiger partial charge in [0.25, 0.3) is 0 Å². The summed E-state index contributed by atoms with van der Waals surface area (Å²) >= 11 is 0. The van der Waals surface area contributed by atoms with Crippen LogP contribution in [0.2, 0.25) is 0 Å². The van der Waals surface area contributed by atoms with E-state index in [0.29, 0.717) is 28.8 Å². The molecule has 4 nitrogen and oxygen atoms in total. The molecular formula is C31H45N3O. The Morgan fingerprint density at radius 3 is 2.51 bits per heavy atom. The van der Waals surface area contributed by atoms with E-state index in [1.807, 2.05) is 6.20 Å². The molecule has 0 unspecified atom stereocenters. The summed E-state index contributed by atoms with van der Waals surface area (Å²) in [5, 5.41) is 1.12. The Morgan fingerprint density at radius 1 is 0.943 bits per heavy atom. The summed E-state index contributed by atoms with van der Waals surface area (Å²) < 4.78 is 6.48. The van der Waals surface area contributed by atoms with Gasteiger partial charge in [0.05, 0.1) is 17.2 Å². The van der Waals surface area contributed by atoms with E-state index in [0.717, 1.165) is 34.6 Å². The zero-order valence-electron chi connectivity index (χ0n) is 22.5. The van der Waals surface area contributed by atoms with Crippen molar-refractivity contribution >= 4 is 16.9 Å². The van der Waals surface area contributed by atoms with Crippen LogP contribution in [-0.2, 0) is 4.74 Å². The first-order valence-corrected chi connectivity index (χ1v) is 14.3. The highest BCUT2D eigenvalue weighted by atomic mass is 16.5. The molecule has 4 heteroatoms. The van der Waals surface area contributed by atoms with Crippen LogP contribution in [0.25, 0.3) is 10.9 Å². The number of nitrogens with zero attached hydrogens (tertiary/aromatic N) is 2. The highest BCUT2D eigenvalue weighted by Crippen LogP contribution is 2.69. The van der Waals surface area contributed by atoms with Crippen molar-refractivity contribution in [2.45, 2.75) is 110 Å². The lowest BCUT2D eigenvalue weighted by Crippen LogP contribution is -2.54. The maximum Gasteiger partial charge on any atom is 0.220 e. The van der Waals surface area contributed by atoms with Gasteiger partial charge in [0.15, 0.2) is 0 Å². The Balaban J connectivity index is 1.23. The number of aromatic nitrogens is 2. The lowest BCUT2D eigenvalue weighted by molar-refractivity contribution is -0.152. The first-order chi connectivity index (χ1) is 16.6. The normalized spacial score (nSPS) is 41.3. The topological polar surface area (TPSA) is 61.0 Å². The van der Waals surface area contributed by atoms with E-state index in [-0.39, 0.29) is 5.60 Å². The average molecular weight is 476 g/mol. The number of rotatable bonds is 2. The van der Waals surface area contributed by atoms with Gasteiger partial charge >= 0.3 is 0 Å². The molecule has 0 amide bonds. The van der Waals surface area contributed by atoms with E-state index >= 15 is 0 Å². The van der Waals surface area contributed by atoms with Gasteiger partial charge in [0.2, 0.25) is 5.95 Å². The second-order valence-electron chi connectivity index (χ2n) is 14.0. The number of hydrogen-bond acceptors (Lipinski definition) is 4. The summed E-state index contributed by atoms with van der Waals surface area (Å²) in [4.78, 5) is 8.68. The number of ether oxygens (including phenoxy) is 1. The van der Waals surface area contributed by atoms with Crippen LogP contribution in [0.15, 0.2) is 24.4 Å². The summed E-state index contributed by atoms with van der Waals surface area (Å²) in [6.45, 7) is 12.0. The minimum atomic E-state index is -0.0252. The Bertz CT molecular complexity index is 1110. The van der Waals surface area contributed by atoms with Crippen molar-refractivity contribution in [3.05, 3.63) is 30.0 Å². The van der Waals surface area contributed by atoms with Gasteiger partial charge in [-0.25, -0.2) is 9.97 Å². The summed E-state index contributed by atoms with van der Waals surface area (Å²) in [6, 6.07) is 6.84. The average Bonchev–Trinajstić information content (AvgIpc) is 3.15. The summed E-state index contributed by atoms with van der Waals surface area (Å²) in [7, 11) is 0. The maximum absolute atomic E-state index is 6.48. The molecule has 8 atom stereocenters. The van der Waals surface area contributed by atoms with Gasteiger partial charge < -0.3 is 10.5 Å². The number of nitrogen functional groups attached to an aromatic ring is 1. The monoisotopic (exact) mass is 475 g/mol. The fourth-order valence-corrected chi connectivity index (χ4v) is 9.66. The molecule has 1 aromatic carbocycles. The summed E-state index contributed by atoms with van der Waals surface area (Å²) in [5.74, 6) is 4.53. The molecule has 0 bridgehead atoms. The van der Waals surface area contributed by atoms with Gasteiger partial charge in [-0.05, 0) is 137 Å². The molecule has 2 aromatic rings. The molecule has 2 N–H and O–H groups in total. The zero-order chi connectivity index (χ0) is 24.6. The largest absolute Gasteiger partial charge is 0.373 e. The predicted octanol–water partition coefficient (Wildman–Crippen LogP) is 7.52. The number of fused-ring (bicyclic) bond motifs is 6. The van der Waals surface area contributed by atoms with E-state index in [1.165, 1.54) is 63.4 Å². The number of benzene rings is 1. The molecule has 4 fully saturated rings. The minimum absolute atomic E-state index is 0.0252. The van der Waals surface area contributed by atoms with Crippen molar-refractivity contribution in [2.75, 3.05) is 5.73 Å². The van der Waals surface area contributed by atoms with Crippen LogP contribution < -0.4 is 5.73 Å². The van der Waals surface area contributed by atoms with Crippen LogP contribution in [0, 0.1) is 34.5 Å².